The van der Waals surface area contributed by atoms with Crippen LogP contribution >= 0.6 is 0 Å². The van der Waals surface area contributed by atoms with E-state index in [2.05, 4.69) is 5.32 Å². The molecular weight excluding hydrogens is 284 g/mol. The van der Waals surface area contributed by atoms with Crippen LogP contribution in [0.2, 0.25) is 0 Å². The number of alkyl halides is 6. The third-order valence-corrected chi connectivity index (χ3v) is 3.50. The van der Waals surface area contributed by atoms with Crippen molar-refractivity contribution in [3.8, 4) is 0 Å². The van der Waals surface area contributed by atoms with Crippen molar-refractivity contribution in [1.29, 1.82) is 0 Å². The van der Waals surface area contributed by atoms with Gasteiger partial charge in [0, 0.05) is 6.04 Å². The van der Waals surface area contributed by atoms with Gasteiger partial charge in [0.15, 0.2) is 0 Å². The molecule has 0 bridgehead atoms. The highest BCUT2D eigenvalue weighted by Gasteiger charge is 2.63. The van der Waals surface area contributed by atoms with E-state index in [1.54, 1.807) is 0 Å². The van der Waals surface area contributed by atoms with Gasteiger partial charge in [-0.2, -0.15) is 26.3 Å². The van der Waals surface area contributed by atoms with E-state index in [9.17, 15) is 26.3 Å². The first-order valence-corrected chi connectivity index (χ1v) is 6.07. The van der Waals surface area contributed by atoms with Crippen molar-refractivity contribution < 1.29 is 26.3 Å². The molecule has 1 atom stereocenters. The van der Waals surface area contributed by atoms with Crippen LogP contribution in [0.5, 0.6) is 0 Å². The summed E-state index contributed by atoms with van der Waals surface area (Å²) in [5, 5.41) is 2.41. The van der Waals surface area contributed by atoms with E-state index in [1.807, 2.05) is 0 Å². The zero-order chi connectivity index (χ0) is 15.2. The van der Waals surface area contributed by atoms with Crippen molar-refractivity contribution in [2.75, 3.05) is 0 Å². The third-order valence-electron chi connectivity index (χ3n) is 3.50. The monoisotopic (exact) mass is 297 g/mol. The Labute approximate surface area is 112 Å². The highest BCUT2D eigenvalue weighted by molar-refractivity contribution is 5.28. The maximum absolute atomic E-state index is 12.8. The maximum Gasteiger partial charge on any atom is 0.416 e. The summed E-state index contributed by atoms with van der Waals surface area (Å²) in [5.74, 6) is 0. The van der Waals surface area contributed by atoms with Crippen LogP contribution in [-0.2, 0) is 6.18 Å². The molecular formula is C13H13F6N. The molecule has 0 heterocycles. The normalized spacial score (nSPS) is 19.8. The molecule has 1 fully saturated rings. The number of hydrogen-bond acceptors (Lipinski definition) is 1. The van der Waals surface area contributed by atoms with E-state index in [0.717, 1.165) is 12.1 Å². The standard InChI is InChI=1S/C13H13F6N/c1-8(20-11(5-6-11)13(17,18)19)9-3-2-4-10(7-9)12(14,15)16/h2-4,7-8,20H,5-6H2,1H3. The van der Waals surface area contributed by atoms with Gasteiger partial charge >= 0.3 is 12.4 Å². The summed E-state index contributed by atoms with van der Waals surface area (Å²) in [4.78, 5) is 0. The quantitative estimate of drug-likeness (QED) is 0.813. The van der Waals surface area contributed by atoms with Gasteiger partial charge in [-0.3, -0.25) is 5.32 Å². The molecule has 1 N–H and O–H groups in total. The molecule has 0 spiro atoms. The van der Waals surface area contributed by atoms with Crippen LogP contribution in [0.25, 0.3) is 0 Å². The fraction of sp³-hybridized carbons (Fsp3) is 0.538. The summed E-state index contributed by atoms with van der Waals surface area (Å²) in [6, 6.07) is 3.56. The van der Waals surface area contributed by atoms with Crippen LogP contribution in [0.3, 0.4) is 0 Å². The molecule has 0 amide bonds. The second-order valence-corrected chi connectivity index (χ2v) is 5.07. The van der Waals surface area contributed by atoms with Crippen LogP contribution in [0.1, 0.15) is 36.9 Å². The van der Waals surface area contributed by atoms with Crippen molar-refractivity contribution in [2.45, 2.75) is 43.7 Å². The molecule has 1 nitrogen and oxygen atoms in total. The molecule has 1 aliphatic rings. The van der Waals surface area contributed by atoms with Gasteiger partial charge in [0.05, 0.1) is 5.56 Å². The van der Waals surface area contributed by atoms with Crippen LogP contribution in [-0.4, -0.2) is 11.7 Å². The van der Waals surface area contributed by atoms with Crippen LogP contribution in [0.15, 0.2) is 24.3 Å². The lowest BCUT2D eigenvalue weighted by atomic mass is 10.0. The first kappa shape index (κ1) is 15.2. The van der Waals surface area contributed by atoms with Crippen molar-refractivity contribution >= 4 is 0 Å². The summed E-state index contributed by atoms with van der Waals surface area (Å²) in [5.41, 5.74) is -2.61. The summed E-state index contributed by atoms with van der Waals surface area (Å²) >= 11 is 0. The topological polar surface area (TPSA) is 12.0 Å². The third kappa shape index (κ3) is 2.92. The first-order chi connectivity index (χ1) is 9.05. The van der Waals surface area contributed by atoms with Crippen LogP contribution < -0.4 is 5.32 Å². The van der Waals surface area contributed by atoms with E-state index >= 15 is 0 Å². The minimum atomic E-state index is -4.50. The zero-order valence-electron chi connectivity index (χ0n) is 10.6. The molecule has 0 saturated heterocycles. The summed E-state index contributed by atoms with van der Waals surface area (Å²) in [6.45, 7) is 1.43. The Morgan fingerprint density at radius 2 is 1.70 bits per heavy atom. The molecule has 1 unspecified atom stereocenters. The fourth-order valence-corrected chi connectivity index (χ4v) is 2.12. The molecule has 1 aliphatic carbocycles. The largest absolute Gasteiger partial charge is 0.416 e. The predicted octanol–water partition coefficient (Wildman–Crippen LogP) is 4.45. The molecule has 112 valence electrons. The highest BCUT2D eigenvalue weighted by Crippen LogP contribution is 2.50. The number of nitrogens with one attached hydrogen (secondary N) is 1. The smallest absolute Gasteiger partial charge is 0.297 e. The van der Waals surface area contributed by atoms with Crippen molar-refractivity contribution in [1.82, 2.24) is 5.32 Å². The Kier molecular flexibility index (Phi) is 3.52. The Morgan fingerprint density at radius 1 is 1.10 bits per heavy atom. The lowest BCUT2D eigenvalue weighted by Crippen LogP contribution is -2.45. The van der Waals surface area contributed by atoms with E-state index < -0.39 is 29.5 Å². The van der Waals surface area contributed by atoms with Crippen molar-refractivity contribution in [3.05, 3.63) is 35.4 Å². The minimum Gasteiger partial charge on any atom is -0.297 e. The van der Waals surface area contributed by atoms with Gasteiger partial charge < -0.3 is 0 Å². The van der Waals surface area contributed by atoms with E-state index in [1.165, 1.54) is 19.1 Å². The maximum atomic E-state index is 12.8. The molecule has 1 aromatic rings. The van der Waals surface area contributed by atoms with E-state index in [0.29, 0.717) is 0 Å². The molecule has 0 aliphatic heterocycles. The Hall–Kier alpha value is -1.24. The number of rotatable bonds is 3. The second kappa shape index (κ2) is 4.65. The second-order valence-electron chi connectivity index (χ2n) is 5.07. The summed E-state index contributed by atoms with van der Waals surface area (Å²) < 4.78 is 76.1. The van der Waals surface area contributed by atoms with Gasteiger partial charge in [0.2, 0.25) is 0 Å². The fourth-order valence-electron chi connectivity index (χ4n) is 2.12. The van der Waals surface area contributed by atoms with E-state index in [-0.39, 0.29) is 18.4 Å². The van der Waals surface area contributed by atoms with Gasteiger partial charge in [-0.15, -0.1) is 0 Å². The molecule has 1 aromatic carbocycles. The average Bonchev–Trinajstić information content (AvgIpc) is 3.08. The Balaban J connectivity index is 2.17. The SMILES string of the molecule is CC(NC1(C(F)(F)F)CC1)c1cccc(C(F)(F)F)c1. The van der Waals surface area contributed by atoms with Gasteiger partial charge in [0.1, 0.15) is 5.54 Å². The zero-order valence-corrected chi connectivity index (χ0v) is 10.6. The molecule has 0 aromatic heterocycles. The molecule has 1 saturated carbocycles. The highest BCUT2D eigenvalue weighted by atomic mass is 19.4. The van der Waals surface area contributed by atoms with Crippen LogP contribution in [0, 0.1) is 0 Å². The number of hydrogen-bond donors (Lipinski definition) is 1. The van der Waals surface area contributed by atoms with Gasteiger partial charge in [-0.1, -0.05) is 12.1 Å². The minimum absolute atomic E-state index is 0.0419. The molecule has 20 heavy (non-hydrogen) atoms. The lowest BCUT2D eigenvalue weighted by Gasteiger charge is -2.25. The summed E-state index contributed by atoms with van der Waals surface area (Å²) in [6.07, 6.45) is -8.97. The van der Waals surface area contributed by atoms with Gasteiger partial charge in [-0.25, -0.2) is 0 Å². The van der Waals surface area contributed by atoms with Gasteiger partial charge in [-0.05, 0) is 37.5 Å². The molecule has 7 heteroatoms. The lowest BCUT2D eigenvalue weighted by molar-refractivity contribution is -0.167. The summed E-state index contributed by atoms with van der Waals surface area (Å²) in [7, 11) is 0. The number of halogens is 6. The molecule has 0 radical (unpaired) electrons. The van der Waals surface area contributed by atoms with Crippen LogP contribution in [0.4, 0.5) is 26.3 Å². The molecule has 2 rings (SSSR count). The van der Waals surface area contributed by atoms with E-state index in [4.69, 9.17) is 0 Å². The average molecular weight is 297 g/mol. The Morgan fingerprint density at radius 3 is 2.15 bits per heavy atom. The van der Waals surface area contributed by atoms with Crippen molar-refractivity contribution in [2.24, 2.45) is 0 Å². The Bertz CT molecular complexity index is 486. The number of benzene rings is 1. The van der Waals surface area contributed by atoms with Crippen molar-refractivity contribution in [3.63, 3.8) is 0 Å². The first-order valence-electron chi connectivity index (χ1n) is 6.07. The van der Waals surface area contributed by atoms with Gasteiger partial charge in [0.25, 0.3) is 0 Å². The predicted molar refractivity (Wildman–Crippen MR) is 61.0 cm³/mol.